The van der Waals surface area contributed by atoms with Gasteiger partial charge in [0, 0.05) is 12.6 Å². The molecule has 0 bridgehead atoms. The zero-order valence-electron chi connectivity index (χ0n) is 12.1. The standard InChI is InChI=1S/C13H29NO2S/c1-12(2)10-8-6-7-9-11-14(13(3)4)17(5,15)16/h12-13H,6-11H2,1-5H3. The monoisotopic (exact) mass is 263 g/mol. The predicted octanol–water partition coefficient (Wildman–Crippen LogP) is 3.26. The van der Waals surface area contributed by atoms with Gasteiger partial charge in [0.05, 0.1) is 6.26 Å². The summed E-state index contributed by atoms with van der Waals surface area (Å²) >= 11 is 0. The van der Waals surface area contributed by atoms with Crippen molar-refractivity contribution >= 4 is 10.0 Å². The normalized spacial score (nSPS) is 12.9. The Morgan fingerprint density at radius 2 is 1.47 bits per heavy atom. The molecule has 0 aliphatic carbocycles. The minimum atomic E-state index is -3.04. The molecule has 0 saturated carbocycles. The fourth-order valence-corrected chi connectivity index (χ4v) is 3.21. The van der Waals surface area contributed by atoms with Gasteiger partial charge in [-0.2, -0.15) is 4.31 Å². The summed E-state index contributed by atoms with van der Waals surface area (Å²) in [6.07, 6.45) is 7.16. The van der Waals surface area contributed by atoms with E-state index in [1.54, 1.807) is 4.31 Å². The van der Waals surface area contributed by atoms with Crippen molar-refractivity contribution in [2.45, 2.75) is 65.8 Å². The molecule has 4 heteroatoms. The van der Waals surface area contributed by atoms with E-state index in [1.807, 2.05) is 13.8 Å². The minimum absolute atomic E-state index is 0.0701. The van der Waals surface area contributed by atoms with E-state index in [2.05, 4.69) is 13.8 Å². The van der Waals surface area contributed by atoms with Gasteiger partial charge in [0.1, 0.15) is 0 Å². The summed E-state index contributed by atoms with van der Waals surface area (Å²) in [7, 11) is -3.04. The van der Waals surface area contributed by atoms with Crippen molar-refractivity contribution in [2.75, 3.05) is 12.8 Å². The third kappa shape index (κ3) is 8.61. The van der Waals surface area contributed by atoms with Crippen molar-refractivity contribution in [3.8, 4) is 0 Å². The van der Waals surface area contributed by atoms with Crippen molar-refractivity contribution in [3.63, 3.8) is 0 Å². The van der Waals surface area contributed by atoms with Gasteiger partial charge in [-0.3, -0.25) is 0 Å². The second-order valence-corrected chi connectivity index (χ2v) is 7.50. The van der Waals surface area contributed by atoms with Gasteiger partial charge in [-0.25, -0.2) is 8.42 Å². The first-order chi connectivity index (χ1) is 7.75. The molecule has 0 aliphatic heterocycles. The highest BCUT2D eigenvalue weighted by Crippen LogP contribution is 2.12. The van der Waals surface area contributed by atoms with Gasteiger partial charge in [-0.05, 0) is 26.2 Å². The molecule has 17 heavy (non-hydrogen) atoms. The molecular weight excluding hydrogens is 234 g/mol. The molecule has 0 unspecified atom stereocenters. The van der Waals surface area contributed by atoms with Gasteiger partial charge in [-0.1, -0.05) is 39.5 Å². The summed E-state index contributed by atoms with van der Waals surface area (Å²) in [6.45, 7) is 9.01. The summed E-state index contributed by atoms with van der Waals surface area (Å²) < 4.78 is 24.6. The van der Waals surface area contributed by atoms with Gasteiger partial charge < -0.3 is 0 Å². The van der Waals surface area contributed by atoms with Crippen LogP contribution in [-0.2, 0) is 10.0 Å². The van der Waals surface area contributed by atoms with Crippen molar-refractivity contribution in [1.29, 1.82) is 0 Å². The van der Waals surface area contributed by atoms with Crippen LogP contribution in [-0.4, -0.2) is 31.6 Å². The fourth-order valence-electron chi connectivity index (χ4n) is 1.98. The van der Waals surface area contributed by atoms with E-state index in [9.17, 15) is 8.42 Å². The number of unbranched alkanes of at least 4 members (excludes halogenated alkanes) is 3. The van der Waals surface area contributed by atoms with Gasteiger partial charge in [-0.15, -0.1) is 0 Å². The smallest absolute Gasteiger partial charge is 0.211 e. The number of sulfonamides is 1. The Morgan fingerprint density at radius 1 is 0.941 bits per heavy atom. The van der Waals surface area contributed by atoms with Crippen LogP contribution in [0.2, 0.25) is 0 Å². The highest BCUT2D eigenvalue weighted by atomic mass is 32.2. The molecule has 0 heterocycles. The molecule has 0 saturated heterocycles. The lowest BCUT2D eigenvalue weighted by Crippen LogP contribution is -2.36. The van der Waals surface area contributed by atoms with E-state index in [4.69, 9.17) is 0 Å². The molecule has 0 aromatic carbocycles. The molecule has 0 aromatic heterocycles. The molecule has 0 aliphatic rings. The molecule has 3 nitrogen and oxygen atoms in total. The van der Waals surface area contributed by atoms with Crippen molar-refractivity contribution in [1.82, 2.24) is 4.31 Å². The first-order valence-electron chi connectivity index (χ1n) is 6.72. The van der Waals surface area contributed by atoms with Crippen LogP contribution in [0.3, 0.4) is 0 Å². The van der Waals surface area contributed by atoms with E-state index >= 15 is 0 Å². The lowest BCUT2D eigenvalue weighted by molar-refractivity contribution is 0.346. The Bertz CT molecular complexity index is 284. The highest BCUT2D eigenvalue weighted by molar-refractivity contribution is 7.88. The largest absolute Gasteiger partial charge is 0.212 e. The van der Waals surface area contributed by atoms with E-state index in [-0.39, 0.29) is 6.04 Å². The molecule has 0 amide bonds. The molecule has 0 fully saturated rings. The fraction of sp³-hybridized carbons (Fsp3) is 1.00. The van der Waals surface area contributed by atoms with Crippen LogP contribution in [0.5, 0.6) is 0 Å². The maximum Gasteiger partial charge on any atom is 0.211 e. The topological polar surface area (TPSA) is 37.4 Å². The van der Waals surface area contributed by atoms with Crippen LogP contribution in [0.1, 0.15) is 59.8 Å². The van der Waals surface area contributed by atoms with Crippen molar-refractivity contribution in [3.05, 3.63) is 0 Å². The quantitative estimate of drug-likeness (QED) is 0.599. The molecule has 0 N–H and O–H groups in total. The van der Waals surface area contributed by atoms with Gasteiger partial charge >= 0.3 is 0 Å². The van der Waals surface area contributed by atoms with E-state index in [0.717, 1.165) is 18.8 Å². The Hall–Kier alpha value is -0.0900. The van der Waals surface area contributed by atoms with Crippen LogP contribution < -0.4 is 0 Å². The third-order valence-corrected chi connectivity index (χ3v) is 4.37. The van der Waals surface area contributed by atoms with Crippen LogP contribution in [0.4, 0.5) is 0 Å². The Balaban J connectivity index is 3.78. The lowest BCUT2D eigenvalue weighted by atomic mass is 10.0. The second kappa shape index (κ2) is 8.09. The van der Waals surface area contributed by atoms with Gasteiger partial charge in [0.25, 0.3) is 0 Å². The molecule has 104 valence electrons. The number of rotatable bonds is 9. The zero-order valence-corrected chi connectivity index (χ0v) is 12.9. The van der Waals surface area contributed by atoms with Crippen LogP contribution in [0.15, 0.2) is 0 Å². The summed E-state index contributed by atoms with van der Waals surface area (Å²) in [5.41, 5.74) is 0. The molecule has 0 rings (SSSR count). The Kier molecular flexibility index (Phi) is 8.05. The summed E-state index contributed by atoms with van der Waals surface area (Å²) in [5, 5.41) is 0. The molecular formula is C13H29NO2S. The minimum Gasteiger partial charge on any atom is -0.212 e. The van der Waals surface area contributed by atoms with Crippen LogP contribution in [0.25, 0.3) is 0 Å². The summed E-state index contributed by atoms with van der Waals surface area (Å²) in [6, 6.07) is 0.0701. The molecule has 0 radical (unpaired) electrons. The zero-order chi connectivity index (χ0) is 13.5. The highest BCUT2D eigenvalue weighted by Gasteiger charge is 2.18. The third-order valence-electron chi connectivity index (χ3n) is 2.91. The van der Waals surface area contributed by atoms with Crippen molar-refractivity contribution < 1.29 is 8.42 Å². The second-order valence-electron chi connectivity index (χ2n) is 5.56. The Morgan fingerprint density at radius 3 is 1.88 bits per heavy atom. The molecule has 0 atom stereocenters. The number of nitrogens with zero attached hydrogens (tertiary/aromatic N) is 1. The van der Waals surface area contributed by atoms with E-state index in [1.165, 1.54) is 25.5 Å². The molecule has 0 spiro atoms. The first kappa shape index (κ1) is 16.9. The predicted molar refractivity (Wildman–Crippen MR) is 74.6 cm³/mol. The van der Waals surface area contributed by atoms with Crippen molar-refractivity contribution in [2.24, 2.45) is 5.92 Å². The van der Waals surface area contributed by atoms with Crippen LogP contribution >= 0.6 is 0 Å². The summed E-state index contributed by atoms with van der Waals surface area (Å²) in [4.78, 5) is 0. The van der Waals surface area contributed by atoms with Gasteiger partial charge in [0.15, 0.2) is 0 Å². The average molecular weight is 263 g/mol. The first-order valence-corrected chi connectivity index (χ1v) is 8.56. The van der Waals surface area contributed by atoms with Gasteiger partial charge in [0.2, 0.25) is 10.0 Å². The lowest BCUT2D eigenvalue weighted by Gasteiger charge is -2.23. The SMILES string of the molecule is CC(C)CCCCCCN(C(C)C)S(C)(=O)=O. The summed E-state index contributed by atoms with van der Waals surface area (Å²) in [5.74, 6) is 0.776. The Labute approximate surface area is 108 Å². The van der Waals surface area contributed by atoms with E-state index in [0.29, 0.717) is 6.54 Å². The maximum atomic E-state index is 11.5. The van der Waals surface area contributed by atoms with Crippen LogP contribution in [0, 0.1) is 5.92 Å². The number of hydrogen-bond donors (Lipinski definition) is 0. The molecule has 0 aromatic rings. The number of hydrogen-bond acceptors (Lipinski definition) is 2. The van der Waals surface area contributed by atoms with E-state index < -0.39 is 10.0 Å². The maximum absolute atomic E-state index is 11.5. The average Bonchev–Trinajstić information content (AvgIpc) is 2.13.